The van der Waals surface area contributed by atoms with Gasteiger partial charge in [0.15, 0.2) is 12.4 Å². The van der Waals surface area contributed by atoms with Gasteiger partial charge in [0.25, 0.3) is 0 Å². The van der Waals surface area contributed by atoms with Gasteiger partial charge >= 0.3 is 5.97 Å². The predicted octanol–water partition coefficient (Wildman–Crippen LogP) is 3.91. The van der Waals surface area contributed by atoms with Crippen molar-refractivity contribution in [2.75, 3.05) is 11.1 Å². The Morgan fingerprint density at radius 3 is 2.74 bits per heavy atom. The highest BCUT2D eigenvalue weighted by atomic mass is 16.5. The van der Waals surface area contributed by atoms with Gasteiger partial charge in [-0.1, -0.05) is 50.3 Å². The lowest BCUT2D eigenvalue weighted by molar-refractivity contribution is -0.145. The summed E-state index contributed by atoms with van der Waals surface area (Å²) in [5.74, 6) is 1.21. The summed E-state index contributed by atoms with van der Waals surface area (Å²) in [5.41, 5.74) is 7.72. The molecular formula is C20H27N5O2. The third-order valence-corrected chi connectivity index (χ3v) is 4.93. The van der Waals surface area contributed by atoms with Crippen LogP contribution >= 0.6 is 0 Å². The molecular weight excluding hydrogens is 342 g/mol. The van der Waals surface area contributed by atoms with E-state index < -0.39 is 0 Å². The Morgan fingerprint density at radius 1 is 1.19 bits per heavy atom. The number of aryl methyl sites for hydroxylation is 1. The second-order valence-corrected chi connectivity index (χ2v) is 7.08. The first kappa shape index (κ1) is 19.1. The van der Waals surface area contributed by atoms with E-state index in [0.29, 0.717) is 24.1 Å². The summed E-state index contributed by atoms with van der Waals surface area (Å²) >= 11 is 0. The molecule has 1 aliphatic rings. The molecule has 3 N–H and O–H groups in total. The van der Waals surface area contributed by atoms with Gasteiger partial charge in [-0.15, -0.1) is 0 Å². The lowest BCUT2D eigenvalue weighted by Gasteiger charge is -2.20. The van der Waals surface area contributed by atoms with E-state index in [2.05, 4.69) is 20.3 Å². The molecule has 7 heteroatoms. The van der Waals surface area contributed by atoms with Crippen molar-refractivity contribution < 1.29 is 9.53 Å². The van der Waals surface area contributed by atoms with E-state index in [1.54, 1.807) is 0 Å². The minimum absolute atomic E-state index is 0.00132. The molecule has 144 valence electrons. The third kappa shape index (κ3) is 5.91. The van der Waals surface area contributed by atoms with Gasteiger partial charge in [0.05, 0.1) is 0 Å². The second-order valence-electron chi connectivity index (χ2n) is 7.08. The van der Waals surface area contributed by atoms with Gasteiger partial charge in [-0.25, -0.2) is 0 Å². The van der Waals surface area contributed by atoms with Gasteiger partial charge in [-0.2, -0.15) is 15.0 Å². The second kappa shape index (κ2) is 9.30. The van der Waals surface area contributed by atoms with Crippen LogP contribution in [0, 0.1) is 12.8 Å². The number of esters is 1. The molecule has 0 aliphatic heterocycles. The van der Waals surface area contributed by atoms with Crippen LogP contribution in [0.5, 0.6) is 0 Å². The Bertz CT molecular complexity index is 775. The number of carbonyl (C=O) groups excluding carboxylic acids is 1. The number of nitrogen functional groups attached to an aromatic ring is 1. The van der Waals surface area contributed by atoms with E-state index in [1.807, 2.05) is 31.2 Å². The van der Waals surface area contributed by atoms with Crippen molar-refractivity contribution in [1.29, 1.82) is 0 Å². The number of carbonyl (C=O) groups is 1. The molecule has 1 aromatic carbocycles. The van der Waals surface area contributed by atoms with Crippen molar-refractivity contribution in [3.8, 4) is 0 Å². The van der Waals surface area contributed by atoms with Crippen molar-refractivity contribution in [2.24, 2.45) is 5.92 Å². The topological polar surface area (TPSA) is 103 Å². The van der Waals surface area contributed by atoms with Crippen molar-refractivity contribution in [3.05, 3.63) is 35.7 Å². The number of nitrogens with zero attached hydrogens (tertiary/aromatic N) is 3. The summed E-state index contributed by atoms with van der Waals surface area (Å²) in [7, 11) is 0. The van der Waals surface area contributed by atoms with Crippen LogP contribution in [0.4, 0.5) is 17.6 Å². The van der Waals surface area contributed by atoms with Gasteiger partial charge in [0, 0.05) is 12.1 Å². The van der Waals surface area contributed by atoms with Crippen molar-refractivity contribution in [3.63, 3.8) is 0 Å². The number of anilines is 3. The number of hydrogen-bond acceptors (Lipinski definition) is 7. The summed E-state index contributed by atoms with van der Waals surface area (Å²) in [6.07, 6.45) is 7.68. The van der Waals surface area contributed by atoms with Crippen LogP contribution in [0.2, 0.25) is 0 Å². The van der Waals surface area contributed by atoms with Crippen molar-refractivity contribution >= 4 is 23.6 Å². The molecule has 27 heavy (non-hydrogen) atoms. The van der Waals surface area contributed by atoms with Gasteiger partial charge in [-0.3, -0.25) is 4.79 Å². The maximum absolute atomic E-state index is 12.0. The van der Waals surface area contributed by atoms with Gasteiger partial charge in [0.1, 0.15) is 0 Å². The molecule has 1 saturated carbocycles. The van der Waals surface area contributed by atoms with Crippen LogP contribution in [0.3, 0.4) is 0 Å². The van der Waals surface area contributed by atoms with E-state index in [4.69, 9.17) is 10.5 Å². The number of nitrogens with two attached hydrogens (primary N) is 1. The van der Waals surface area contributed by atoms with Crippen LogP contribution in [0.15, 0.2) is 24.3 Å². The number of rotatable bonds is 7. The quantitative estimate of drug-likeness (QED) is 0.713. The number of hydrogen-bond donors (Lipinski definition) is 2. The predicted molar refractivity (Wildman–Crippen MR) is 104 cm³/mol. The molecule has 2 aromatic rings. The van der Waals surface area contributed by atoms with Crippen LogP contribution in [-0.2, 0) is 16.1 Å². The summed E-state index contributed by atoms with van der Waals surface area (Å²) < 4.78 is 5.33. The fourth-order valence-electron chi connectivity index (χ4n) is 3.41. The summed E-state index contributed by atoms with van der Waals surface area (Å²) in [5, 5.41) is 3.13. The highest BCUT2D eigenvalue weighted by Gasteiger charge is 2.16. The first-order valence-corrected chi connectivity index (χ1v) is 9.59. The summed E-state index contributed by atoms with van der Waals surface area (Å²) in [4.78, 5) is 24.5. The lowest BCUT2D eigenvalue weighted by Crippen LogP contribution is -2.13. The average Bonchev–Trinajstić information content (AvgIpc) is 2.67. The Kier molecular flexibility index (Phi) is 6.57. The normalized spacial score (nSPS) is 14.7. The van der Waals surface area contributed by atoms with Crippen LogP contribution in [0.1, 0.15) is 56.3 Å². The Labute approximate surface area is 159 Å². The minimum atomic E-state index is -0.215. The van der Waals surface area contributed by atoms with Crippen LogP contribution in [0.25, 0.3) is 0 Å². The van der Waals surface area contributed by atoms with Crippen molar-refractivity contribution in [1.82, 2.24) is 15.0 Å². The van der Waals surface area contributed by atoms with Gasteiger partial charge < -0.3 is 15.8 Å². The number of para-hydroxylation sites is 1. The molecule has 0 spiro atoms. The molecule has 0 unspecified atom stereocenters. The molecule has 1 heterocycles. The number of nitrogens with one attached hydrogen (secondary N) is 1. The molecule has 1 fully saturated rings. The largest absolute Gasteiger partial charge is 0.457 e. The zero-order valence-electron chi connectivity index (χ0n) is 15.8. The Morgan fingerprint density at radius 2 is 1.96 bits per heavy atom. The number of benzene rings is 1. The van der Waals surface area contributed by atoms with Crippen LogP contribution in [-0.4, -0.2) is 20.9 Å². The zero-order valence-corrected chi connectivity index (χ0v) is 15.8. The van der Waals surface area contributed by atoms with E-state index in [9.17, 15) is 4.79 Å². The molecule has 1 aromatic heterocycles. The third-order valence-electron chi connectivity index (χ3n) is 4.93. The first-order chi connectivity index (χ1) is 13.1. The Hall–Kier alpha value is -2.70. The molecule has 0 radical (unpaired) electrons. The number of ether oxygens (including phenoxy) is 1. The monoisotopic (exact) mass is 369 g/mol. The zero-order chi connectivity index (χ0) is 19.1. The molecule has 0 saturated heterocycles. The average molecular weight is 369 g/mol. The first-order valence-electron chi connectivity index (χ1n) is 9.59. The standard InChI is InChI=1S/C20H27N5O2/c1-14-7-5-6-10-16(14)22-20-24-17(23-19(21)25-20)13-27-18(26)12-11-15-8-3-2-4-9-15/h5-7,10,15H,2-4,8-9,11-13H2,1H3,(H3,21,22,23,24,25). The smallest absolute Gasteiger partial charge is 0.306 e. The van der Waals surface area contributed by atoms with Crippen LogP contribution < -0.4 is 11.1 Å². The van der Waals surface area contributed by atoms with E-state index >= 15 is 0 Å². The SMILES string of the molecule is Cc1ccccc1Nc1nc(N)nc(COC(=O)CCC2CCCCC2)n1. The van der Waals surface area contributed by atoms with Gasteiger partial charge in [-0.05, 0) is 30.9 Å². The highest BCUT2D eigenvalue weighted by molar-refractivity contribution is 5.69. The minimum Gasteiger partial charge on any atom is -0.457 e. The molecule has 0 atom stereocenters. The fraction of sp³-hybridized carbons (Fsp3) is 0.500. The molecule has 0 bridgehead atoms. The molecule has 0 amide bonds. The highest BCUT2D eigenvalue weighted by Crippen LogP contribution is 2.27. The van der Waals surface area contributed by atoms with Crippen molar-refractivity contribution in [2.45, 2.75) is 58.5 Å². The molecule has 7 nitrogen and oxygen atoms in total. The fourth-order valence-corrected chi connectivity index (χ4v) is 3.41. The molecule has 3 rings (SSSR count). The van der Waals surface area contributed by atoms with E-state index in [1.165, 1.54) is 32.1 Å². The Balaban J connectivity index is 1.53. The maximum atomic E-state index is 12.0. The lowest BCUT2D eigenvalue weighted by atomic mass is 9.86. The number of aromatic nitrogens is 3. The van der Waals surface area contributed by atoms with E-state index in [-0.39, 0.29) is 18.5 Å². The summed E-state index contributed by atoms with van der Waals surface area (Å²) in [6, 6.07) is 7.80. The maximum Gasteiger partial charge on any atom is 0.306 e. The molecule has 1 aliphatic carbocycles. The van der Waals surface area contributed by atoms with Gasteiger partial charge in [0.2, 0.25) is 11.9 Å². The van der Waals surface area contributed by atoms with E-state index in [0.717, 1.165) is 17.7 Å². The summed E-state index contributed by atoms with van der Waals surface area (Å²) in [6.45, 7) is 1.99.